The molecular formula is C23H30N6O. The van der Waals surface area contributed by atoms with E-state index in [1.165, 1.54) is 0 Å². The maximum absolute atomic E-state index is 12.5. The predicted molar refractivity (Wildman–Crippen MR) is 124 cm³/mol. The minimum absolute atomic E-state index is 0.222. The number of carbonyl (C=O) groups is 1. The molecule has 158 valence electrons. The molecule has 2 amide bonds. The Hall–Kier alpha value is -3.19. The van der Waals surface area contributed by atoms with Crippen LogP contribution < -0.4 is 16.0 Å². The molecule has 30 heavy (non-hydrogen) atoms. The van der Waals surface area contributed by atoms with Gasteiger partial charge in [-0.15, -0.1) is 0 Å². The zero-order valence-corrected chi connectivity index (χ0v) is 18.1. The number of anilines is 3. The van der Waals surface area contributed by atoms with Crippen LogP contribution >= 0.6 is 0 Å². The van der Waals surface area contributed by atoms with Crippen molar-refractivity contribution in [2.75, 3.05) is 43.1 Å². The number of rotatable bonds is 8. The van der Waals surface area contributed by atoms with Crippen LogP contribution in [-0.2, 0) is 0 Å². The van der Waals surface area contributed by atoms with Crippen molar-refractivity contribution in [3.63, 3.8) is 0 Å². The van der Waals surface area contributed by atoms with Crippen LogP contribution in [0.5, 0.6) is 0 Å². The predicted octanol–water partition coefficient (Wildman–Crippen LogP) is 4.76. The molecule has 0 spiro atoms. The van der Waals surface area contributed by atoms with E-state index in [0.717, 1.165) is 36.0 Å². The van der Waals surface area contributed by atoms with Crippen LogP contribution in [0.1, 0.15) is 31.9 Å². The van der Waals surface area contributed by atoms with E-state index in [1.807, 2.05) is 48.5 Å². The molecule has 1 heterocycles. The van der Waals surface area contributed by atoms with E-state index in [4.69, 9.17) is 0 Å². The van der Waals surface area contributed by atoms with Crippen molar-refractivity contribution in [1.82, 2.24) is 14.9 Å². The fraction of sp³-hybridized carbons (Fsp3) is 0.348. The van der Waals surface area contributed by atoms with Gasteiger partial charge in [-0.3, -0.25) is 5.32 Å². The molecule has 0 aliphatic carbocycles. The van der Waals surface area contributed by atoms with Crippen LogP contribution in [0, 0.1) is 0 Å². The highest BCUT2D eigenvalue weighted by molar-refractivity contribution is 6.00. The van der Waals surface area contributed by atoms with Gasteiger partial charge in [0.2, 0.25) is 5.95 Å². The molecule has 0 aliphatic heterocycles. The second kappa shape index (κ2) is 10.0. The minimum Gasteiger partial charge on any atom is -0.370 e. The van der Waals surface area contributed by atoms with Gasteiger partial charge in [0.05, 0.1) is 5.69 Å². The minimum atomic E-state index is -0.371. The van der Waals surface area contributed by atoms with Crippen molar-refractivity contribution in [3.8, 4) is 0 Å². The number of nitrogens with zero attached hydrogens (tertiary/aromatic N) is 3. The molecule has 0 aliphatic rings. The van der Waals surface area contributed by atoms with Crippen molar-refractivity contribution in [1.29, 1.82) is 0 Å². The van der Waals surface area contributed by atoms with E-state index in [9.17, 15) is 4.79 Å². The smallest absolute Gasteiger partial charge is 0.326 e. The Morgan fingerprint density at radius 1 is 1.00 bits per heavy atom. The van der Waals surface area contributed by atoms with Gasteiger partial charge in [0.15, 0.2) is 0 Å². The number of fused-ring (bicyclic) bond motifs is 1. The number of carbonyl (C=O) groups excluding carboxylic acids is 1. The summed E-state index contributed by atoms with van der Waals surface area (Å²) in [5.41, 5.74) is 1.59. The van der Waals surface area contributed by atoms with Crippen LogP contribution in [0.15, 0.2) is 48.5 Å². The number of hydrogen-bond acceptors (Lipinski definition) is 5. The summed E-state index contributed by atoms with van der Waals surface area (Å²) in [6, 6.07) is 15.4. The highest BCUT2D eigenvalue weighted by Gasteiger charge is 2.11. The Balaban J connectivity index is 1.67. The number of nitrogens with one attached hydrogen (secondary N) is 3. The van der Waals surface area contributed by atoms with Crippen molar-refractivity contribution in [2.45, 2.75) is 26.2 Å². The van der Waals surface area contributed by atoms with Crippen LogP contribution in [0.4, 0.5) is 22.2 Å². The normalized spacial score (nSPS) is 11.1. The molecule has 0 fully saturated rings. The number of amides is 2. The molecule has 1 aromatic heterocycles. The average molecular weight is 407 g/mol. The molecule has 2 aromatic carbocycles. The Labute approximate surface area is 177 Å². The number of benzene rings is 2. The fourth-order valence-electron chi connectivity index (χ4n) is 3.05. The van der Waals surface area contributed by atoms with Gasteiger partial charge in [0, 0.05) is 18.3 Å². The summed E-state index contributed by atoms with van der Waals surface area (Å²) >= 11 is 0. The van der Waals surface area contributed by atoms with E-state index in [1.54, 1.807) is 0 Å². The molecule has 0 atom stereocenters. The van der Waals surface area contributed by atoms with Crippen LogP contribution in [0.25, 0.3) is 10.8 Å². The number of urea groups is 1. The summed E-state index contributed by atoms with van der Waals surface area (Å²) in [5, 5.41) is 11.1. The maximum Gasteiger partial charge on any atom is 0.326 e. The van der Waals surface area contributed by atoms with Gasteiger partial charge in [-0.1, -0.05) is 44.2 Å². The van der Waals surface area contributed by atoms with Gasteiger partial charge >= 0.3 is 6.03 Å². The van der Waals surface area contributed by atoms with Crippen LogP contribution in [-0.4, -0.2) is 48.1 Å². The first-order chi connectivity index (χ1) is 14.4. The Bertz CT molecular complexity index is 1000. The molecule has 7 nitrogen and oxygen atoms in total. The summed E-state index contributed by atoms with van der Waals surface area (Å²) in [6.07, 6.45) is 0.999. The lowest BCUT2D eigenvalue weighted by Gasteiger charge is -2.14. The van der Waals surface area contributed by atoms with Crippen LogP contribution in [0.2, 0.25) is 0 Å². The summed E-state index contributed by atoms with van der Waals surface area (Å²) < 4.78 is 0. The summed E-state index contributed by atoms with van der Waals surface area (Å²) in [7, 11) is 4.11. The van der Waals surface area contributed by atoms with Crippen LogP contribution in [0.3, 0.4) is 0 Å². The van der Waals surface area contributed by atoms with Crippen molar-refractivity contribution < 1.29 is 4.79 Å². The van der Waals surface area contributed by atoms with E-state index >= 15 is 0 Å². The lowest BCUT2D eigenvalue weighted by molar-refractivity contribution is 0.262. The zero-order valence-electron chi connectivity index (χ0n) is 18.1. The van der Waals surface area contributed by atoms with E-state index in [-0.39, 0.29) is 17.9 Å². The number of aromatic nitrogens is 2. The molecule has 7 heteroatoms. The summed E-state index contributed by atoms with van der Waals surface area (Å²) in [4.78, 5) is 23.6. The molecule has 3 aromatic rings. The molecule has 3 N–H and O–H groups in total. The molecule has 0 unspecified atom stereocenters. The van der Waals surface area contributed by atoms with E-state index in [2.05, 4.69) is 58.8 Å². The third-order valence-corrected chi connectivity index (χ3v) is 4.66. The largest absolute Gasteiger partial charge is 0.370 e. The molecule has 0 saturated heterocycles. The lowest BCUT2D eigenvalue weighted by Crippen LogP contribution is -2.22. The van der Waals surface area contributed by atoms with Crippen molar-refractivity contribution in [2.24, 2.45) is 0 Å². The second-order valence-electron chi connectivity index (χ2n) is 7.88. The first-order valence-corrected chi connectivity index (χ1v) is 10.2. The first-order valence-electron chi connectivity index (χ1n) is 10.2. The third-order valence-electron chi connectivity index (χ3n) is 4.66. The van der Waals surface area contributed by atoms with Gasteiger partial charge in [0.25, 0.3) is 0 Å². The van der Waals surface area contributed by atoms with Gasteiger partial charge in [-0.05, 0) is 55.9 Å². The standard InChI is InChI=1S/C23H30N6O/c1-16(2)20-15-21(24-12-7-13-29(3)4)27-22(26-20)28-23(30)25-19-11-10-17-8-5-6-9-18(17)14-19/h5-6,8-11,14-16H,7,12-13H2,1-4H3,(H3,24,25,26,27,28,30). The highest BCUT2D eigenvalue weighted by Crippen LogP contribution is 2.20. The molecular weight excluding hydrogens is 376 g/mol. The SMILES string of the molecule is CC(C)c1cc(NCCCN(C)C)nc(NC(=O)Nc2ccc3ccccc3c2)n1. The Morgan fingerprint density at radius 3 is 2.50 bits per heavy atom. The van der Waals surface area contributed by atoms with E-state index in [0.29, 0.717) is 11.5 Å². The van der Waals surface area contributed by atoms with Gasteiger partial charge < -0.3 is 15.5 Å². The second-order valence-corrected chi connectivity index (χ2v) is 7.88. The van der Waals surface area contributed by atoms with Crippen molar-refractivity contribution in [3.05, 3.63) is 54.2 Å². The summed E-state index contributed by atoms with van der Waals surface area (Å²) in [6.45, 7) is 5.93. The maximum atomic E-state index is 12.5. The topological polar surface area (TPSA) is 82.2 Å². The average Bonchev–Trinajstić information content (AvgIpc) is 2.70. The van der Waals surface area contributed by atoms with E-state index < -0.39 is 0 Å². The van der Waals surface area contributed by atoms with Gasteiger partial charge in [-0.25, -0.2) is 9.78 Å². The summed E-state index contributed by atoms with van der Waals surface area (Å²) in [5.74, 6) is 1.22. The molecule has 3 rings (SSSR count). The van der Waals surface area contributed by atoms with Gasteiger partial charge in [-0.2, -0.15) is 4.98 Å². The molecule has 0 radical (unpaired) electrons. The number of hydrogen-bond donors (Lipinski definition) is 3. The van der Waals surface area contributed by atoms with Gasteiger partial charge in [0.1, 0.15) is 5.82 Å². The highest BCUT2D eigenvalue weighted by atomic mass is 16.2. The Kier molecular flexibility index (Phi) is 7.19. The molecule has 0 bridgehead atoms. The quantitative estimate of drug-likeness (QED) is 0.470. The fourth-order valence-corrected chi connectivity index (χ4v) is 3.05. The third kappa shape index (κ3) is 6.15. The first kappa shape index (κ1) is 21.5. The monoisotopic (exact) mass is 406 g/mol. The van der Waals surface area contributed by atoms with Crippen molar-refractivity contribution >= 4 is 34.3 Å². The zero-order chi connectivity index (χ0) is 21.5. The lowest BCUT2D eigenvalue weighted by atomic mass is 10.1. The Morgan fingerprint density at radius 2 is 1.77 bits per heavy atom. The molecule has 0 saturated carbocycles.